The van der Waals surface area contributed by atoms with E-state index in [0.717, 1.165) is 22.4 Å². The van der Waals surface area contributed by atoms with Gasteiger partial charge in [0.25, 0.3) is 0 Å². The van der Waals surface area contributed by atoms with Crippen molar-refractivity contribution in [1.82, 2.24) is 0 Å². The molecule has 0 bridgehead atoms. The standard InChI is InChI=1S/C17H19NO3/c1-12-3-8-15(17(19)20)9-16(12)18-10-13-4-6-14(7-5-13)11-21-2/h3-9,18H,10-11H2,1-2H3,(H,19,20). The van der Waals surface area contributed by atoms with Gasteiger partial charge in [-0.3, -0.25) is 0 Å². The second-order valence-electron chi connectivity index (χ2n) is 4.94. The molecule has 0 aliphatic carbocycles. The molecule has 0 saturated carbocycles. The number of anilines is 1. The molecule has 4 heteroatoms. The molecule has 0 fully saturated rings. The van der Waals surface area contributed by atoms with Crippen LogP contribution in [0.2, 0.25) is 0 Å². The quantitative estimate of drug-likeness (QED) is 0.853. The number of carbonyl (C=O) groups is 1. The summed E-state index contributed by atoms with van der Waals surface area (Å²) in [6.45, 7) is 3.21. The highest BCUT2D eigenvalue weighted by molar-refractivity contribution is 5.89. The highest BCUT2D eigenvalue weighted by Gasteiger charge is 2.06. The summed E-state index contributed by atoms with van der Waals surface area (Å²) < 4.78 is 5.08. The number of hydrogen-bond donors (Lipinski definition) is 2. The smallest absolute Gasteiger partial charge is 0.335 e. The van der Waals surface area contributed by atoms with Gasteiger partial charge >= 0.3 is 5.97 Å². The van der Waals surface area contributed by atoms with Crippen molar-refractivity contribution >= 4 is 11.7 Å². The number of ether oxygens (including phenoxy) is 1. The summed E-state index contributed by atoms with van der Waals surface area (Å²) in [5, 5.41) is 12.3. The molecule has 2 aromatic carbocycles. The predicted octanol–water partition coefficient (Wildman–Crippen LogP) is 3.45. The number of nitrogens with one attached hydrogen (secondary N) is 1. The number of hydrogen-bond acceptors (Lipinski definition) is 3. The van der Waals surface area contributed by atoms with Gasteiger partial charge in [-0.2, -0.15) is 0 Å². The van der Waals surface area contributed by atoms with Gasteiger partial charge in [0, 0.05) is 19.3 Å². The first-order valence-corrected chi connectivity index (χ1v) is 6.74. The fraction of sp³-hybridized carbons (Fsp3) is 0.235. The van der Waals surface area contributed by atoms with Gasteiger partial charge in [-0.15, -0.1) is 0 Å². The lowest BCUT2D eigenvalue weighted by atomic mass is 10.1. The van der Waals surface area contributed by atoms with E-state index in [1.165, 1.54) is 0 Å². The highest BCUT2D eigenvalue weighted by atomic mass is 16.5. The minimum absolute atomic E-state index is 0.290. The minimum atomic E-state index is -0.915. The minimum Gasteiger partial charge on any atom is -0.478 e. The SMILES string of the molecule is COCc1ccc(CNc2cc(C(=O)O)ccc2C)cc1. The Morgan fingerprint density at radius 3 is 2.43 bits per heavy atom. The average molecular weight is 285 g/mol. The fourth-order valence-electron chi connectivity index (χ4n) is 2.06. The molecule has 2 N–H and O–H groups in total. The largest absolute Gasteiger partial charge is 0.478 e. The number of methoxy groups -OCH3 is 1. The molecule has 0 aromatic heterocycles. The van der Waals surface area contributed by atoms with E-state index in [2.05, 4.69) is 5.32 Å². The predicted molar refractivity (Wildman–Crippen MR) is 82.6 cm³/mol. The molecule has 0 atom stereocenters. The molecule has 0 radical (unpaired) electrons. The maximum atomic E-state index is 11.0. The molecule has 0 saturated heterocycles. The summed E-state index contributed by atoms with van der Waals surface area (Å²) in [4.78, 5) is 11.0. The maximum absolute atomic E-state index is 11.0. The molecule has 0 heterocycles. The van der Waals surface area contributed by atoms with Crippen molar-refractivity contribution in [2.75, 3.05) is 12.4 Å². The van der Waals surface area contributed by atoms with Gasteiger partial charge in [0.05, 0.1) is 12.2 Å². The topological polar surface area (TPSA) is 58.6 Å². The van der Waals surface area contributed by atoms with Gasteiger partial charge < -0.3 is 15.2 Å². The summed E-state index contributed by atoms with van der Waals surface area (Å²) in [6.07, 6.45) is 0. The monoisotopic (exact) mass is 285 g/mol. The van der Waals surface area contributed by atoms with E-state index >= 15 is 0 Å². The van der Waals surface area contributed by atoms with E-state index in [-0.39, 0.29) is 0 Å². The summed E-state index contributed by atoms with van der Waals surface area (Å²) in [5.41, 5.74) is 4.42. The molecule has 21 heavy (non-hydrogen) atoms. The van der Waals surface area contributed by atoms with E-state index < -0.39 is 5.97 Å². The zero-order chi connectivity index (χ0) is 15.2. The van der Waals surface area contributed by atoms with E-state index in [1.54, 1.807) is 19.2 Å². The number of rotatable bonds is 6. The summed E-state index contributed by atoms with van der Waals surface area (Å²) in [6, 6.07) is 13.2. The van der Waals surface area contributed by atoms with Crippen molar-refractivity contribution < 1.29 is 14.6 Å². The lowest BCUT2D eigenvalue weighted by molar-refractivity contribution is 0.0697. The van der Waals surface area contributed by atoms with Gasteiger partial charge in [0.2, 0.25) is 0 Å². The fourth-order valence-corrected chi connectivity index (χ4v) is 2.06. The Balaban J connectivity index is 2.05. The maximum Gasteiger partial charge on any atom is 0.335 e. The van der Waals surface area contributed by atoms with Crippen LogP contribution in [0.1, 0.15) is 27.0 Å². The van der Waals surface area contributed by atoms with Gasteiger partial charge in [-0.1, -0.05) is 30.3 Å². The normalized spacial score (nSPS) is 10.4. The molecule has 2 rings (SSSR count). The van der Waals surface area contributed by atoms with Crippen molar-refractivity contribution in [3.05, 3.63) is 64.7 Å². The molecule has 0 spiro atoms. The molecular formula is C17H19NO3. The Kier molecular flexibility index (Phi) is 4.95. The zero-order valence-electron chi connectivity index (χ0n) is 12.2. The first-order chi connectivity index (χ1) is 10.1. The summed E-state index contributed by atoms with van der Waals surface area (Å²) in [7, 11) is 1.67. The van der Waals surface area contributed by atoms with E-state index in [4.69, 9.17) is 9.84 Å². The van der Waals surface area contributed by atoms with Crippen molar-refractivity contribution in [2.45, 2.75) is 20.1 Å². The zero-order valence-corrected chi connectivity index (χ0v) is 12.2. The average Bonchev–Trinajstić information content (AvgIpc) is 2.48. The Labute approximate surface area is 124 Å². The summed E-state index contributed by atoms with van der Waals surface area (Å²) >= 11 is 0. The van der Waals surface area contributed by atoms with E-state index in [1.807, 2.05) is 37.3 Å². The second kappa shape index (κ2) is 6.90. The van der Waals surface area contributed by atoms with Crippen molar-refractivity contribution in [3.8, 4) is 0 Å². The molecule has 0 aliphatic heterocycles. The van der Waals surface area contributed by atoms with Crippen LogP contribution in [-0.2, 0) is 17.9 Å². The molecule has 0 aliphatic rings. The van der Waals surface area contributed by atoms with Gasteiger partial charge in [-0.25, -0.2) is 4.79 Å². The van der Waals surface area contributed by atoms with E-state index in [0.29, 0.717) is 18.7 Å². The second-order valence-corrected chi connectivity index (χ2v) is 4.94. The summed E-state index contributed by atoms with van der Waals surface area (Å²) in [5.74, 6) is -0.915. The highest BCUT2D eigenvalue weighted by Crippen LogP contribution is 2.18. The van der Waals surface area contributed by atoms with Gasteiger partial charge in [0.1, 0.15) is 0 Å². The third-order valence-electron chi connectivity index (χ3n) is 3.30. The van der Waals surface area contributed by atoms with Crippen molar-refractivity contribution in [3.63, 3.8) is 0 Å². The molecule has 0 amide bonds. The molecular weight excluding hydrogens is 266 g/mol. The lowest BCUT2D eigenvalue weighted by Crippen LogP contribution is -2.04. The Hall–Kier alpha value is -2.33. The van der Waals surface area contributed by atoms with Crippen LogP contribution in [0, 0.1) is 6.92 Å². The first kappa shape index (κ1) is 15.1. The Bertz CT molecular complexity index is 620. The van der Waals surface area contributed by atoms with Crippen LogP contribution in [0.15, 0.2) is 42.5 Å². The van der Waals surface area contributed by atoms with Crippen LogP contribution in [0.25, 0.3) is 0 Å². The number of benzene rings is 2. The van der Waals surface area contributed by atoms with Crippen LogP contribution in [0.5, 0.6) is 0 Å². The molecule has 0 unspecified atom stereocenters. The molecule has 110 valence electrons. The van der Waals surface area contributed by atoms with Crippen LogP contribution in [-0.4, -0.2) is 18.2 Å². The van der Waals surface area contributed by atoms with Crippen molar-refractivity contribution in [1.29, 1.82) is 0 Å². The third kappa shape index (κ3) is 4.07. The Morgan fingerprint density at radius 1 is 1.14 bits per heavy atom. The lowest BCUT2D eigenvalue weighted by Gasteiger charge is -2.11. The first-order valence-electron chi connectivity index (χ1n) is 6.74. The number of carboxylic acid groups (broad SMARTS) is 1. The van der Waals surface area contributed by atoms with E-state index in [9.17, 15) is 4.79 Å². The van der Waals surface area contributed by atoms with Crippen LogP contribution in [0.3, 0.4) is 0 Å². The van der Waals surface area contributed by atoms with Crippen LogP contribution in [0.4, 0.5) is 5.69 Å². The number of aryl methyl sites for hydroxylation is 1. The Morgan fingerprint density at radius 2 is 1.81 bits per heavy atom. The van der Waals surface area contributed by atoms with Gasteiger partial charge in [0.15, 0.2) is 0 Å². The van der Waals surface area contributed by atoms with Crippen molar-refractivity contribution in [2.24, 2.45) is 0 Å². The number of aromatic carboxylic acids is 1. The van der Waals surface area contributed by atoms with Crippen LogP contribution < -0.4 is 5.32 Å². The van der Waals surface area contributed by atoms with Gasteiger partial charge in [-0.05, 0) is 35.7 Å². The number of carboxylic acids is 1. The van der Waals surface area contributed by atoms with Crippen LogP contribution >= 0.6 is 0 Å². The molecule has 4 nitrogen and oxygen atoms in total. The molecule has 2 aromatic rings. The third-order valence-corrected chi connectivity index (χ3v) is 3.30.